The van der Waals surface area contributed by atoms with E-state index in [0.717, 1.165) is 23.4 Å². The van der Waals surface area contributed by atoms with Crippen molar-refractivity contribution in [3.8, 4) is 5.75 Å². The summed E-state index contributed by atoms with van der Waals surface area (Å²) in [6, 6.07) is 12.2. The summed E-state index contributed by atoms with van der Waals surface area (Å²) in [7, 11) is 0. The Kier molecular flexibility index (Phi) is 5.63. The fraction of sp³-hybridized carbons (Fsp3) is 0.364. The first-order chi connectivity index (χ1) is 13.2. The number of benzene rings is 2. The standard InChI is InChI=1S/C22H23Cl2NO2/c1-2-26-12-13-27-19-11-5-8-16-14-6-3-7-15(14)21(25-22(16)19)17-9-4-10-18(23)20(17)24/h3-6,8-11,14-15,21,25H,2,7,12-13H2,1H3. The highest BCUT2D eigenvalue weighted by atomic mass is 35.5. The highest BCUT2D eigenvalue weighted by Crippen LogP contribution is 2.53. The third-order valence-corrected chi connectivity index (χ3v) is 6.20. The van der Waals surface area contributed by atoms with E-state index in [0.29, 0.717) is 41.7 Å². The molecule has 0 radical (unpaired) electrons. The fourth-order valence-electron chi connectivity index (χ4n) is 4.14. The minimum atomic E-state index is 0.0836. The Hall–Kier alpha value is -1.68. The van der Waals surface area contributed by atoms with Gasteiger partial charge in [-0.15, -0.1) is 0 Å². The van der Waals surface area contributed by atoms with E-state index in [-0.39, 0.29) is 6.04 Å². The summed E-state index contributed by atoms with van der Waals surface area (Å²) in [4.78, 5) is 0. The Bertz CT molecular complexity index is 852. The number of fused-ring (bicyclic) bond motifs is 3. The van der Waals surface area contributed by atoms with Crippen LogP contribution in [-0.2, 0) is 4.74 Å². The molecule has 3 unspecified atom stereocenters. The highest BCUT2D eigenvalue weighted by Gasteiger charge is 2.39. The van der Waals surface area contributed by atoms with Crippen molar-refractivity contribution in [2.45, 2.75) is 25.3 Å². The monoisotopic (exact) mass is 403 g/mol. The Morgan fingerprint density at radius 1 is 1.07 bits per heavy atom. The summed E-state index contributed by atoms with van der Waals surface area (Å²) in [5, 5.41) is 4.93. The molecule has 142 valence electrons. The van der Waals surface area contributed by atoms with Crippen LogP contribution in [0.3, 0.4) is 0 Å². The third kappa shape index (κ3) is 3.56. The van der Waals surface area contributed by atoms with E-state index >= 15 is 0 Å². The zero-order valence-corrected chi connectivity index (χ0v) is 16.8. The molecule has 0 fully saturated rings. The predicted molar refractivity (Wildman–Crippen MR) is 111 cm³/mol. The number of para-hydroxylation sites is 1. The van der Waals surface area contributed by atoms with Crippen molar-refractivity contribution in [2.24, 2.45) is 5.92 Å². The maximum absolute atomic E-state index is 6.56. The molecule has 2 aliphatic rings. The summed E-state index contributed by atoms with van der Waals surface area (Å²) >= 11 is 12.9. The van der Waals surface area contributed by atoms with Gasteiger partial charge in [0.2, 0.25) is 0 Å². The van der Waals surface area contributed by atoms with Crippen LogP contribution >= 0.6 is 23.2 Å². The SMILES string of the molecule is CCOCCOc1cccc2c1NC(c1cccc(Cl)c1Cl)C1CC=CC21. The lowest BCUT2D eigenvalue weighted by Crippen LogP contribution is -2.29. The number of hydrogen-bond acceptors (Lipinski definition) is 3. The Morgan fingerprint density at radius 3 is 2.74 bits per heavy atom. The third-order valence-electron chi connectivity index (χ3n) is 5.36. The van der Waals surface area contributed by atoms with Gasteiger partial charge < -0.3 is 14.8 Å². The molecule has 0 amide bonds. The van der Waals surface area contributed by atoms with E-state index in [9.17, 15) is 0 Å². The molecule has 0 saturated heterocycles. The van der Waals surface area contributed by atoms with E-state index in [1.165, 1.54) is 5.56 Å². The van der Waals surface area contributed by atoms with Gasteiger partial charge in [0.25, 0.3) is 0 Å². The van der Waals surface area contributed by atoms with Gasteiger partial charge in [0.05, 0.1) is 28.4 Å². The zero-order chi connectivity index (χ0) is 18.8. The minimum Gasteiger partial charge on any atom is -0.489 e. The van der Waals surface area contributed by atoms with Crippen LogP contribution in [0.5, 0.6) is 5.75 Å². The van der Waals surface area contributed by atoms with Crippen molar-refractivity contribution in [1.29, 1.82) is 0 Å². The molecule has 3 atom stereocenters. The van der Waals surface area contributed by atoms with E-state index in [1.54, 1.807) is 0 Å². The molecule has 2 aromatic rings. The average Bonchev–Trinajstić information content (AvgIpc) is 3.17. The molecule has 1 heterocycles. The highest BCUT2D eigenvalue weighted by molar-refractivity contribution is 6.42. The van der Waals surface area contributed by atoms with Gasteiger partial charge in [0, 0.05) is 12.5 Å². The van der Waals surface area contributed by atoms with Crippen LogP contribution in [0.2, 0.25) is 10.0 Å². The first-order valence-corrected chi connectivity index (χ1v) is 10.2. The van der Waals surface area contributed by atoms with Crippen LogP contribution in [-0.4, -0.2) is 19.8 Å². The van der Waals surface area contributed by atoms with E-state index in [2.05, 4.69) is 35.7 Å². The number of nitrogens with one attached hydrogen (secondary N) is 1. The average molecular weight is 404 g/mol. The van der Waals surface area contributed by atoms with Crippen LogP contribution in [0.25, 0.3) is 0 Å². The predicted octanol–water partition coefficient (Wildman–Crippen LogP) is 6.24. The van der Waals surface area contributed by atoms with Gasteiger partial charge in [-0.2, -0.15) is 0 Å². The molecule has 0 saturated carbocycles. The van der Waals surface area contributed by atoms with Crippen molar-refractivity contribution < 1.29 is 9.47 Å². The second kappa shape index (κ2) is 8.14. The van der Waals surface area contributed by atoms with Gasteiger partial charge in [-0.05, 0) is 42.5 Å². The molecule has 0 spiro atoms. The van der Waals surface area contributed by atoms with Crippen molar-refractivity contribution >= 4 is 28.9 Å². The fourth-order valence-corrected chi connectivity index (χ4v) is 4.56. The summed E-state index contributed by atoms with van der Waals surface area (Å²) in [5.41, 5.74) is 3.36. The zero-order valence-electron chi connectivity index (χ0n) is 15.3. The van der Waals surface area contributed by atoms with Crippen LogP contribution < -0.4 is 10.1 Å². The molecular formula is C22H23Cl2NO2. The largest absolute Gasteiger partial charge is 0.489 e. The normalized spacial score (nSPS) is 22.9. The molecule has 2 aromatic carbocycles. The van der Waals surface area contributed by atoms with Crippen LogP contribution in [0.4, 0.5) is 5.69 Å². The molecule has 1 N–H and O–H groups in total. The Labute approximate surface area is 170 Å². The van der Waals surface area contributed by atoms with Crippen LogP contribution in [0, 0.1) is 5.92 Å². The molecule has 4 rings (SSSR count). The lowest BCUT2D eigenvalue weighted by atomic mass is 9.77. The molecule has 1 aliphatic heterocycles. The molecule has 0 aromatic heterocycles. The Morgan fingerprint density at radius 2 is 1.89 bits per heavy atom. The van der Waals surface area contributed by atoms with Crippen molar-refractivity contribution in [2.75, 3.05) is 25.1 Å². The molecule has 1 aliphatic carbocycles. The molecular weight excluding hydrogens is 381 g/mol. The van der Waals surface area contributed by atoms with Crippen molar-refractivity contribution in [3.05, 3.63) is 69.7 Å². The van der Waals surface area contributed by atoms with E-state index in [4.69, 9.17) is 32.7 Å². The van der Waals surface area contributed by atoms with Gasteiger partial charge in [0.15, 0.2) is 0 Å². The van der Waals surface area contributed by atoms with Gasteiger partial charge >= 0.3 is 0 Å². The lowest BCUT2D eigenvalue weighted by Gasteiger charge is -2.38. The number of halogens is 2. The van der Waals surface area contributed by atoms with Crippen LogP contribution in [0.1, 0.15) is 36.4 Å². The van der Waals surface area contributed by atoms with E-state index < -0.39 is 0 Å². The number of ether oxygens (including phenoxy) is 2. The first kappa shape index (κ1) is 18.7. The topological polar surface area (TPSA) is 30.5 Å². The molecule has 0 bridgehead atoms. The van der Waals surface area contributed by atoms with Crippen molar-refractivity contribution in [1.82, 2.24) is 0 Å². The second-order valence-electron chi connectivity index (χ2n) is 6.88. The molecule has 27 heavy (non-hydrogen) atoms. The van der Waals surface area contributed by atoms with Crippen molar-refractivity contribution in [3.63, 3.8) is 0 Å². The summed E-state index contributed by atoms with van der Waals surface area (Å²) in [6.07, 6.45) is 5.58. The summed E-state index contributed by atoms with van der Waals surface area (Å²) in [5.74, 6) is 1.61. The second-order valence-corrected chi connectivity index (χ2v) is 7.67. The van der Waals surface area contributed by atoms with Gasteiger partial charge in [-0.1, -0.05) is 59.6 Å². The lowest BCUT2D eigenvalue weighted by molar-refractivity contribution is 0.110. The number of rotatable bonds is 6. The summed E-state index contributed by atoms with van der Waals surface area (Å²) < 4.78 is 11.4. The van der Waals surface area contributed by atoms with Gasteiger partial charge in [-0.3, -0.25) is 0 Å². The number of allylic oxidation sites excluding steroid dienone is 2. The molecule has 3 nitrogen and oxygen atoms in total. The maximum Gasteiger partial charge on any atom is 0.142 e. The van der Waals surface area contributed by atoms with E-state index in [1.807, 2.05) is 25.1 Å². The smallest absolute Gasteiger partial charge is 0.142 e. The maximum atomic E-state index is 6.56. The molecule has 5 heteroatoms. The van der Waals surface area contributed by atoms with Crippen LogP contribution in [0.15, 0.2) is 48.6 Å². The quantitative estimate of drug-likeness (QED) is 0.457. The first-order valence-electron chi connectivity index (χ1n) is 9.41. The Balaban J connectivity index is 1.69. The minimum absolute atomic E-state index is 0.0836. The summed E-state index contributed by atoms with van der Waals surface area (Å²) in [6.45, 7) is 3.78. The number of hydrogen-bond donors (Lipinski definition) is 1. The van der Waals surface area contributed by atoms with Gasteiger partial charge in [0.1, 0.15) is 12.4 Å². The number of anilines is 1. The van der Waals surface area contributed by atoms with Gasteiger partial charge in [-0.25, -0.2) is 0 Å².